The van der Waals surface area contributed by atoms with E-state index >= 15 is 0 Å². The first-order valence-electron chi connectivity index (χ1n) is 17.4. The second-order valence-corrected chi connectivity index (χ2v) is 12.9. The molecule has 2 aliphatic heterocycles. The number of hydrogen-bond donors (Lipinski definition) is 3. The van der Waals surface area contributed by atoms with Gasteiger partial charge in [-0.05, 0) is 57.9 Å². The third-order valence-corrected chi connectivity index (χ3v) is 8.94. The second kappa shape index (κ2) is 22.3. The van der Waals surface area contributed by atoms with Crippen LogP contribution in [0.2, 0.25) is 0 Å². The van der Waals surface area contributed by atoms with Gasteiger partial charge in [-0.2, -0.15) is 0 Å². The van der Waals surface area contributed by atoms with Crippen molar-refractivity contribution in [1.82, 2.24) is 0 Å². The number of Topliss-reactive ketones (excluding diaryl/α,β-unsaturated/α-hetero) is 1. The van der Waals surface area contributed by atoms with E-state index in [1.54, 1.807) is 13.0 Å². The fraction of sp³-hybridized carbons (Fsp3) is 0.886. The van der Waals surface area contributed by atoms with Gasteiger partial charge in [0.15, 0.2) is 0 Å². The SMILES string of the molecule is CCCCCCCCCCCC[C@@H](O)C1CC[C@H]([C@H](O)CCCCCCC(=O)CCC[C@@H](O)CC2=C[C@H](C)OC2=O)O1. The summed E-state index contributed by atoms with van der Waals surface area (Å²) in [4.78, 5) is 23.8. The highest BCUT2D eigenvalue weighted by Crippen LogP contribution is 2.28. The summed E-state index contributed by atoms with van der Waals surface area (Å²) in [5, 5.41) is 31.3. The first-order chi connectivity index (χ1) is 20.3. The van der Waals surface area contributed by atoms with Crippen LogP contribution in [-0.2, 0) is 19.1 Å². The molecule has 1 saturated heterocycles. The molecule has 0 spiro atoms. The molecule has 0 radical (unpaired) electrons. The smallest absolute Gasteiger partial charge is 0.334 e. The lowest BCUT2D eigenvalue weighted by atomic mass is 9.99. The van der Waals surface area contributed by atoms with Gasteiger partial charge >= 0.3 is 5.97 Å². The van der Waals surface area contributed by atoms with E-state index in [9.17, 15) is 24.9 Å². The van der Waals surface area contributed by atoms with E-state index in [0.717, 1.165) is 51.4 Å². The molecule has 2 rings (SSSR count). The Morgan fingerprint density at radius 2 is 1.26 bits per heavy atom. The molecule has 2 aliphatic rings. The Balaban J connectivity index is 1.41. The Hall–Kier alpha value is -1.28. The maximum atomic E-state index is 12.2. The first-order valence-corrected chi connectivity index (χ1v) is 17.4. The van der Waals surface area contributed by atoms with Crippen molar-refractivity contribution >= 4 is 11.8 Å². The van der Waals surface area contributed by atoms with E-state index in [1.165, 1.54) is 57.8 Å². The monoisotopic (exact) mass is 594 g/mol. The highest BCUT2D eigenvalue weighted by atomic mass is 16.5. The van der Waals surface area contributed by atoms with Crippen LogP contribution in [0.3, 0.4) is 0 Å². The van der Waals surface area contributed by atoms with Crippen LogP contribution in [0, 0.1) is 0 Å². The van der Waals surface area contributed by atoms with Crippen LogP contribution in [0.15, 0.2) is 11.6 Å². The lowest BCUT2D eigenvalue weighted by molar-refractivity contribution is -0.139. The van der Waals surface area contributed by atoms with Crippen LogP contribution in [0.1, 0.15) is 162 Å². The Bertz CT molecular complexity index is 766. The normalized spacial score (nSPS) is 22.6. The number of ether oxygens (including phenoxy) is 2. The summed E-state index contributed by atoms with van der Waals surface area (Å²) in [5.74, 6) is -0.129. The van der Waals surface area contributed by atoms with Crippen LogP contribution >= 0.6 is 0 Å². The molecule has 7 nitrogen and oxygen atoms in total. The zero-order chi connectivity index (χ0) is 30.6. The van der Waals surface area contributed by atoms with Crippen LogP contribution in [0.5, 0.6) is 0 Å². The summed E-state index contributed by atoms with van der Waals surface area (Å²) in [6, 6.07) is 0. The molecule has 0 aromatic heterocycles. The van der Waals surface area contributed by atoms with Gasteiger partial charge in [-0.15, -0.1) is 0 Å². The summed E-state index contributed by atoms with van der Waals surface area (Å²) in [6.07, 6.45) is 21.8. The third-order valence-electron chi connectivity index (χ3n) is 8.94. The molecule has 0 saturated carbocycles. The molecule has 0 aromatic carbocycles. The van der Waals surface area contributed by atoms with E-state index in [-0.39, 0.29) is 36.5 Å². The summed E-state index contributed by atoms with van der Waals surface area (Å²) in [7, 11) is 0. The van der Waals surface area contributed by atoms with Crippen molar-refractivity contribution < 1.29 is 34.4 Å². The fourth-order valence-electron chi connectivity index (χ4n) is 6.29. The minimum absolute atomic E-state index is 0.143. The van der Waals surface area contributed by atoms with Crippen molar-refractivity contribution in [2.45, 2.75) is 198 Å². The summed E-state index contributed by atoms with van der Waals surface area (Å²) < 4.78 is 11.1. The number of rotatable bonds is 26. The van der Waals surface area contributed by atoms with Gasteiger partial charge in [0, 0.05) is 24.8 Å². The molecular formula is C35H62O7. The molecule has 0 aliphatic carbocycles. The van der Waals surface area contributed by atoms with Crippen molar-refractivity contribution in [3.63, 3.8) is 0 Å². The predicted octanol–water partition coefficient (Wildman–Crippen LogP) is 7.27. The molecule has 0 bridgehead atoms. The molecule has 2 heterocycles. The number of aliphatic hydroxyl groups excluding tert-OH is 3. The number of cyclic esters (lactones) is 1. The second-order valence-electron chi connectivity index (χ2n) is 12.9. The molecule has 0 aromatic rings. The standard InChI is InChI=1S/C35H62O7/c1-3-4-5-6-7-8-9-10-11-15-21-31(38)33-23-24-34(42-33)32(39)22-16-13-12-14-18-29(36)19-17-20-30(37)26-28-25-27(2)41-35(28)40/h25,27,30-34,37-39H,3-24,26H2,1-2H3/t27-,30+,31+,32+,33?,34+/m0/s1. The molecule has 6 atom stereocenters. The predicted molar refractivity (Wildman–Crippen MR) is 167 cm³/mol. The summed E-state index contributed by atoms with van der Waals surface area (Å²) >= 11 is 0. The molecule has 42 heavy (non-hydrogen) atoms. The Labute approximate surface area is 255 Å². The number of esters is 1. The number of carbonyl (C=O) groups is 2. The molecule has 1 unspecified atom stereocenters. The quantitative estimate of drug-likeness (QED) is 0.0713. The molecule has 7 heteroatoms. The third kappa shape index (κ3) is 16.0. The van der Waals surface area contributed by atoms with E-state index < -0.39 is 18.3 Å². The maximum absolute atomic E-state index is 12.2. The van der Waals surface area contributed by atoms with Crippen LogP contribution < -0.4 is 0 Å². The lowest BCUT2D eigenvalue weighted by Gasteiger charge is -2.22. The van der Waals surface area contributed by atoms with Crippen molar-refractivity contribution in [3.05, 3.63) is 11.6 Å². The average Bonchev–Trinajstić information content (AvgIpc) is 3.57. The van der Waals surface area contributed by atoms with Gasteiger partial charge < -0.3 is 24.8 Å². The number of unbranched alkanes of at least 4 members (excludes halogenated alkanes) is 12. The highest BCUT2D eigenvalue weighted by Gasteiger charge is 2.34. The van der Waals surface area contributed by atoms with Gasteiger partial charge in [-0.3, -0.25) is 4.79 Å². The number of ketones is 1. The Morgan fingerprint density at radius 1 is 0.762 bits per heavy atom. The Morgan fingerprint density at radius 3 is 1.79 bits per heavy atom. The van der Waals surface area contributed by atoms with E-state index in [4.69, 9.17) is 9.47 Å². The van der Waals surface area contributed by atoms with Crippen LogP contribution in [-0.4, -0.2) is 63.7 Å². The zero-order valence-electron chi connectivity index (χ0n) is 26.8. The first kappa shape index (κ1) is 36.9. The molecule has 3 N–H and O–H groups in total. The van der Waals surface area contributed by atoms with Gasteiger partial charge in [-0.25, -0.2) is 4.79 Å². The molecule has 244 valence electrons. The zero-order valence-corrected chi connectivity index (χ0v) is 26.8. The van der Waals surface area contributed by atoms with Crippen LogP contribution in [0.4, 0.5) is 0 Å². The highest BCUT2D eigenvalue weighted by molar-refractivity contribution is 5.90. The van der Waals surface area contributed by atoms with E-state index in [2.05, 4.69) is 6.92 Å². The van der Waals surface area contributed by atoms with Crippen molar-refractivity contribution in [2.75, 3.05) is 0 Å². The number of carbonyl (C=O) groups excluding carboxylic acids is 2. The minimum Gasteiger partial charge on any atom is -0.455 e. The van der Waals surface area contributed by atoms with Crippen molar-refractivity contribution in [2.24, 2.45) is 0 Å². The minimum atomic E-state index is -0.625. The van der Waals surface area contributed by atoms with Gasteiger partial charge in [0.1, 0.15) is 11.9 Å². The largest absolute Gasteiger partial charge is 0.455 e. The average molecular weight is 595 g/mol. The van der Waals surface area contributed by atoms with E-state index in [1.807, 2.05) is 0 Å². The van der Waals surface area contributed by atoms with Gasteiger partial charge in [-0.1, -0.05) is 90.4 Å². The summed E-state index contributed by atoms with van der Waals surface area (Å²) in [6.45, 7) is 4.05. The topological polar surface area (TPSA) is 113 Å². The lowest BCUT2D eigenvalue weighted by Crippen LogP contribution is -2.31. The van der Waals surface area contributed by atoms with Gasteiger partial charge in [0.2, 0.25) is 0 Å². The Kier molecular flexibility index (Phi) is 19.6. The summed E-state index contributed by atoms with van der Waals surface area (Å²) in [5.41, 5.74) is 0.530. The molecule has 1 fully saturated rings. The van der Waals surface area contributed by atoms with Gasteiger partial charge in [0.25, 0.3) is 0 Å². The van der Waals surface area contributed by atoms with Crippen molar-refractivity contribution in [1.29, 1.82) is 0 Å². The van der Waals surface area contributed by atoms with Crippen molar-refractivity contribution in [3.8, 4) is 0 Å². The fourth-order valence-corrected chi connectivity index (χ4v) is 6.29. The molecule has 0 amide bonds. The van der Waals surface area contributed by atoms with Gasteiger partial charge in [0.05, 0.1) is 30.5 Å². The van der Waals surface area contributed by atoms with E-state index in [0.29, 0.717) is 37.7 Å². The number of aliphatic hydroxyl groups is 3. The number of hydrogen-bond acceptors (Lipinski definition) is 7. The molecular weight excluding hydrogens is 532 g/mol. The maximum Gasteiger partial charge on any atom is 0.334 e. The van der Waals surface area contributed by atoms with Crippen LogP contribution in [0.25, 0.3) is 0 Å².